The zero-order valence-corrected chi connectivity index (χ0v) is 11.1. The number of benzene rings is 1. The Morgan fingerprint density at radius 2 is 2.00 bits per heavy atom. The maximum atomic E-state index is 6.04. The minimum Gasteiger partial charge on any atom is -0.374 e. The molecule has 1 saturated heterocycles. The fourth-order valence-electron chi connectivity index (χ4n) is 1.93. The lowest BCUT2D eigenvalue weighted by molar-refractivity contribution is -0.0132. The molecule has 0 bridgehead atoms. The monoisotopic (exact) mass is 274 g/mol. The van der Waals surface area contributed by atoms with Gasteiger partial charge in [-0.3, -0.25) is 0 Å². The van der Waals surface area contributed by atoms with Gasteiger partial charge in [0, 0.05) is 10.9 Å². The molecule has 1 aromatic carbocycles. The Kier molecular flexibility index (Phi) is 5.11. The number of hydrogen-bond donors (Lipinski definition) is 0. The van der Waals surface area contributed by atoms with Crippen molar-refractivity contribution in [3.8, 4) is 0 Å². The quantitative estimate of drug-likeness (QED) is 0.764. The number of halogens is 2. The van der Waals surface area contributed by atoms with Crippen LogP contribution in [0.2, 0.25) is 5.02 Å². The van der Waals surface area contributed by atoms with Gasteiger partial charge >= 0.3 is 0 Å². The van der Waals surface area contributed by atoms with Crippen molar-refractivity contribution in [2.75, 3.05) is 12.5 Å². The SMILES string of the molecule is ClCC1CCC(COCc2ccccc2Cl)O1. The number of rotatable bonds is 5. The van der Waals surface area contributed by atoms with Crippen molar-refractivity contribution in [2.24, 2.45) is 0 Å². The van der Waals surface area contributed by atoms with E-state index >= 15 is 0 Å². The first kappa shape index (κ1) is 13.2. The molecular formula is C13H16Cl2O2. The summed E-state index contributed by atoms with van der Waals surface area (Å²) >= 11 is 11.8. The molecule has 94 valence electrons. The average molecular weight is 275 g/mol. The van der Waals surface area contributed by atoms with E-state index in [4.69, 9.17) is 32.7 Å². The van der Waals surface area contributed by atoms with E-state index in [1.54, 1.807) is 0 Å². The summed E-state index contributed by atoms with van der Waals surface area (Å²) in [6.07, 6.45) is 2.44. The lowest BCUT2D eigenvalue weighted by Gasteiger charge is -2.12. The van der Waals surface area contributed by atoms with Gasteiger partial charge in [-0.25, -0.2) is 0 Å². The highest BCUT2D eigenvalue weighted by Gasteiger charge is 2.24. The van der Waals surface area contributed by atoms with E-state index in [1.165, 1.54) is 0 Å². The highest BCUT2D eigenvalue weighted by Crippen LogP contribution is 2.22. The minimum atomic E-state index is 0.182. The van der Waals surface area contributed by atoms with E-state index in [-0.39, 0.29) is 12.2 Å². The molecule has 2 rings (SSSR count). The van der Waals surface area contributed by atoms with Gasteiger partial charge in [0.05, 0.1) is 25.4 Å². The summed E-state index contributed by atoms with van der Waals surface area (Å²) in [7, 11) is 0. The summed E-state index contributed by atoms with van der Waals surface area (Å²) in [5.74, 6) is 0.570. The molecular weight excluding hydrogens is 259 g/mol. The van der Waals surface area contributed by atoms with Crippen molar-refractivity contribution in [3.05, 3.63) is 34.9 Å². The summed E-state index contributed by atoms with van der Waals surface area (Å²) in [6, 6.07) is 7.71. The van der Waals surface area contributed by atoms with Crippen LogP contribution in [0.5, 0.6) is 0 Å². The van der Waals surface area contributed by atoms with E-state index in [2.05, 4.69) is 0 Å². The van der Waals surface area contributed by atoms with Crippen LogP contribution < -0.4 is 0 Å². The lowest BCUT2D eigenvalue weighted by atomic mass is 10.2. The molecule has 1 aliphatic heterocycles. The molecule has 2 unspecified atom stereocenters. The van der Waals surface area contributed by atoms with Crippen LogP contribution in [0, 0.1) is 0 Å². The molecule has 0 N–H and O–H groups in total. The molecule has 1 fully saturated rings. The van der Waals surface area contributed by atoms with E-state index in [0.29, 0.717) is 19.1 Å². The van der Waals surface area contributed by atoms with Gasteiger partial charge in [0.15, 0.2) is 0 Å². The Bertz CT molecular complexity index is 357. The van der Waals surface area contributed by atoms with Crippen LogP contribution in [-0.4, -0.2) is 24.7 Å². The standard InChI is InChI=1S/C13H16Cl2O2/c14-7-11-5-6-12(17-11)9-16-8-10-3-1-2-4-13(10)15/h1-4,11-12H,5-9H2. The van der Waals surface area contributed by atoms with Gasteiger partial charge in [-0.05, 0) is 24.5 Å². The van der Waals surface area contributed by atoms with Gasteiger partial charge in [0.2, 0.25) is 0 Å². The fourth-order valence-corrected chi connectivity index (χ4v) is 2.35. The lowest BCUT2D eigenvalue weighted by Crippen LogP contribution is -2.17. The summed E-state index contributed by atoms with van der Waals surface area (Å²) in [5.41, 5.74) is 1.01. The normalized spacial score (nSPS) is 24.1. The van der Waals surface area contributed by atoms with Gasteiger partial charge in [-0.2, -0.15) is 0 Å². The second-order valence-corrected chi connectivity index (χ2v) is 4.93. The van der Waals surface area contributed by atoms with Crippen LogP contribution >= 0.6 is 23.2 Å². The molecule has 0 amide bonds. The molecule has 1 aromatic rings. The van der Waals surface area contributed by atoms with Crippen LogP contribution in [-0.2, 0) is 16.1 Å². The van der Waals surface area contributed by atoms with Crippen molar-refractivity contribution < 1.29 is 9.47 Å². The smallest absolute Gasteiger partial charge is 0.0814 e. The van der Waals surface area contributed by atoms with Crippen LogP contribution in [0.3, 0.4) is 0 Å². The molecule has 1 heterocycles. The number of alkyl halides is 1. The predicted molar refractivity (Wildman–Crippen MR) is 69.7 cm³/mol. The molecule has 0 radical (unpaired) electrons. The van der Waals surface area contributed by atoms with E-state index in [9.17, 15) is 0 Å². The van der Waals surface area contributed by atoms with Crippen LogP contribution in [0.15, 0.2) is 24.3 Å². The Morgan fingerprint density at radius 3 is 2.71 bits per heavy atom. The van der Waals surface area contributed by atoms with E-state index in [0.717, 1.165) is 23.4 Å². The minimum absolute atomic E-state index is 0.182. The zero-order chi connectivity index (χ0) is 12.1. The Hall–Kier alpha value is -0.280. The van der Waals surface area contributed by atoms with Gasteiger partial charge in [0.25, 0.3) is 0 Å². The summed E-state index contributed by atoms with van der Waals surface area (Å²) in [4.78, 5) is 0. The third-order valence-corrected chi connectivity index (χ3v) is 3.60. The van der Waals surface area contributed by atoms with Gasteiger partial charge < -0.3 is 9.47 Å². The maximum absolute atomic E-state index is 6.04. The third-order valence-electron chi connectivity index (χ3n) is 2.89. The zero-order valence-electron chi connectivity index (χ0n) is 9.57. The van der Waals surface area contributed by atoms with Crippen LogP contribution in [0.1, 0.15) is 18.4 Å². The number of ether oxygens (including phenoxy) is 2. The molecule has 0 aliphatic carbocycles. The second-order valence-electron chi connectivity index (χ2n) is 4.22. The van der Waals surface area contributed by atoms with Crippen LogP contribution in [0.4, 0.5) is 0 Å². The van der Waals surface area contributed by atoms with Crippen molar-refractivity contribution in [1.29, 1.82) is 0 Å². The Labute approximate surface area is 112 Å². The van der Waals surface area contributed by atoms with Gasteiger partial charge in [-0.1, -0.05) is 29.8 Å². The molecule has 1 aliphatic rings. The fraction of sp³-hybridized carbons (Fsp3) is 0.538. The topological polar surface area (TPSA) is 18.5 Å². The predicted octanol–water partition coefficient (Wildman–Crippen LogP) is 3.64. The molecule has 0 saturated carbocycles. The second kappa shape index (κ2) is 6.60. The average Bonchev–Trinajstić information content (AvgIpc) is 2.80. The van der Waals surface area contributed by atoms with Crippen molar-refractivity contribution in [1.82, 2.24) is 0 Å². The summed E-state index contributed by atoms with van der Waals surface area (Å²) < 4.78 is 11.3. The summed E-state index contributed by atoms with van der Waals surface area (Å²) in [6.45, 7) is 1.14. The molecule has 2 atom stereocenters. The molecule has 17 heavy (non-hydrogen) atoms. The maximum Gasteiger partial charge on any atom is 0.0814 e. The number of hydrogen-bond acceptors (Lipinski definition) is 2. The Balaban J connectivity index is 1.72. The first-order valence-corrected chi connectivity index (χ1v) is 6.73. The first-order chi connectivity index (χ1) is 8.29. The summed E-state index contributed by atoms with van der Waals surface area (Å²) in [5, 5.41) is 0.749. The van der Waals surface area contributed by atoms with Crippen molar-refractivity contribution in [3.63, 3.8) is 0 Å². The molecule has 0 aromatic heterocycles. The van der Waals surface area contributed by atoms with Gasteiger partial charge in [-0.15, -0.1) is 11.6 Å². The highest BCUT2D eigenvalue weighted by molar-refractivity contribution is 6.31. The first-order valence-electron chi connectivity index (χ1n) is 5.82. The van der Waals surface area contributed by atoms with Gasteiger partial charge in [0.1, 0.15) is 0 Å². The van der Waals surface area contributed by atoms with Crippen molar-refractivity contribution >= 4 is 23.2 Å². The molecule has 2 nitrogen and oxygen atoms in total. The van der Waals surface area contributed by atoms with Crippen molar-refractivity contribution in [2.45, 2.75) is 31.7 Å². The molecule has 0 spiro atoms. The largest absolute Gasteiger partial charge is 0.374 e. The Morgan fingerprint density at radius 1 is 1.24 bits per heavy atom. The van der Waals surface area contributed by atoms with E-state index in [1.807, 2.05) is 24.3 Å². The van der Waals surface area contributed by atoms with Crippen LogP contribution in [0.25, 0.3) is 0 Å². The van der Waals surface area contributed by atoms with E-state index < -0.39 is 0 Å². The third kappa shape index (κ3) is 3.85. The highest BCUT2D eigenvalue weighted by atomic mass is 35.5. The molecule has 4 heteroatoms.